The number of aliphatic carboxylic acids is 1. The van der Waals surface area contributed by atoms with Gasteiger partial charge in [-0.2, -0.15) is 0 Å². The number of carboxylic acids is 1. The van der Waals surface area contributed by atoms with Crippen molar-refractivity contribution >= 4 is 5.97 Å². The van der Waals surface area contributed by atoms with Crippen molar-refractivity contribution in [2.45, 2.75) is 72.1 Å². The predicted octanol–water partition coefficient (Wildman–Crippen LogP) is 1.95. The van der Waals surface area contributed by atoms with Crippen molar-refractivity contribution in [2.75, 3.05) is 0 Å². The largest absolute Gasteiger partial charge is 0.550 e. The van der Waals surface area contributed by atoms with E-state index in [-0.39, 0.29) is 32.0 Å². The smallest absolute Gasteiger partial charge is 0.357 e. The van der Waals surface area contributed by atoms with Gasteiger partial charge in [0.25, 0.3) is 0 Å². The maximum atomic E-state index is 8.89. The average Bonchev–Trinajstić information content (AvgIpc) is 2.62. The fourth-order valence-corrected chi connectivity index (χ4v) is 4.62. The van der Waals surface area contributed by atoms with Crippen molar-refractivity contribution in [3.8, 4) is 0 Å². The summed E-state index contributed by atoms with van der Waals surface area (Å²) in [6, 6.07) is 18.7. The molecule has 148 valence electrons. The van der Waals surface area contributed by atoms with Gasteiger partial charge in [0.1, 0.15) is 0 Å². The van der Waals surface area contributed by atoms with Gasteiger partial charge in [0.15, 0.2) is 7.14 Å². The first-order chi connectivity index (χ1) is 12.5. The molecule has 2 rings (SSSR count). The Bertz CT molecular complexity index is 652. The molecule has 0 N–H and O–H groups in total. The van der Waals surface area contributed by atoms with E-state index in [9.17, 15) is 0 Å². The van der Waals surface area contributed by atoms with Crippen molar-refractivity contribution < 1.29 is 31.1 Å². The van der Waals surface area contributed by atoms with E-state index >= 15 is 0 Å². The fraction of sp³-hybridized carbons (Fsp3) is 0.458. The van der Waals surface area contributed by atoms with Gasteiger partial charge >= 0.3 is 21.2 Å². The maximum absolute atomic E-state index is 8.89. The number of benzene rings is 2. The van der Waals surface area contributed by atoms with Crippen molar-refractivity contribution in [3.05, 3.63) is 66.8 Å². The van der Waals surface area contributed by atoms with Crippen LogP contribution in [0.15, 0.2) is 48.5 Å². The topological polar surface area (TPSA) is 40.1 Å². The molecule has 2 aromatic carbocycles. The van der Waals surface area contributed by atoms with Crippen LogP contribution in [0, 0.1) is 7.14 Å². The third kappa shape index (κ3) is 7.65. The van der Waals surface area contributed by atoms with Crippen LogP contribution < -0.4 is 26.3 Å². The Morgan fingerprint density at radius 3 is 1.26 bits per heavy atom. The van der Waals surface area contributed by atoms with Crippen LogP contribution in [0.4, 0.5) is 0 Å². The zero-order chi connectivity index (χ0) is 20.7. The lowest BCUT2D eigenvalue weighted by Gasteiger charge is -2.23. The first kappa shape index (κ1) is 23.7. The Labute approximate surface area is 175 Å². The maximum Gasteiger partial charge on any atom is 0.357 e. The number of halogens is 1. The quantitative estimate of drug-likeness (QED) is 0.594. The van der Waals surface area contributed by atoms with Crippen LogP contribution >= 0.6 is 0 Å². The molecule has 0 saturated carbocycles. The van der Waals surface area contributed by atoms with Crippen LogP contribution in [-0.4, -0.2) is 5.97 Å². The highest BCUT2D eigenvalue weighted by Gasteiger charge is 2.22. The average molecular weight is 480 g/mol. The van der Waals surface area contributed by atoms with Gasteiger partial charge in [-0.25, -0.2) is 0 Å². The first-order valence-electron chi connectivity index (χ1n) is 9.55. The standard InChI is InChI=1S/C22H30I.C2H4O2/c1-7-21(3,4)17-9-13-19(14-10-17)23-20-15-11-18(12-16-20)22(5,6)8-2;1-2(3)4/h9-16H,7-8H2,1-6H3;1H3,(H,3,4)/q+1;/p-1. The van der Waals surface area contributed by atoms with Gasteiger partial charge in [-0.3, -0.25) is 0 Å². The summed E-state index contributed by atoms with van der Waals surface area (Å²) in [5.74, 6) is -1.08. The highest BCUT2D eigenvalue weighted by molar-refractivity contribution is 5.60. The molecular weight excluding hydrogens is 447 g/mol. The normalized spacial score (nSPS) is 11.5. The van der Waals surface area contributed by atoms with Crippen LogP contribution in [0.3, 0.4) is 0 Å². The van der Waals surface area contributed by atoms with Gasteiger partial charge in [0, 0.05) is 5.97 Å². The summed E-state index contributed by atoms with van der Waals surface area (Å²) in [4.78, 5) is 8.89. The number of carbonyl (C=O) groups is 1. The van der Waals surface area contributed by atoms with Crippen molar-refractivity contribution in [1.29, 1.82) is 0 Å². The molecule has 0 radical (unpaired) electrons. The Balaban J connectivity index is 0.000000828. The molecule has 0 aliphatic heterocycles. The third-order valence-electron chi connectivity index (χ3n) is 5.24. The fourth-order valence-electron chi connectivity index (χ4n) is 2.46. The monoisotopic (exact) mass is 480 g/mol. The van der Waals surface area contributed by atoms with Crippen LogP contribution in [-0.2, 0) is 15.6 Å². The van der Waals surface area contributed by atoms with E-state index in [1.54, 1.807) is 0 Å². The lowest BCUT2D eigenvalue weighted by atomic mass is 9.82. The number of carboxylic acid groups (broad SMARTS) is 1. The van der Waals surface area contributed by atoms with Crippen LogP contribution in [0.25, 0.3) is 0 Å². The van der Waals surface area contributed by atoms with Crippen molar-refractivity contribution in [3.63, 3.8) is 0 Å². The second-order valence-corrected chi connectivity index (χ2v) is 11.1. The number of carbonyl (C=O) groups excluding carboxylic acids is 1. The molecule has 0 bridgehead atoms. The van der Waals surface area contributed by atoms with E-state index in [4.69, 9.17) is 9.90 Å². The van der Waals surface area contributed by atoms with E-state index in [0.717, 1.165) is 6.92 Å². The molecule has 0 heterocycles. The summed E-state index contributed by atoms with van der Waals surface area (Å²) < 4.78 is 3.00. The van der Waals surface area contributed by atoms with E-state index in [0.29, 0.717) is 0 Å². The lowest BCUT2D eigenvalue weighted by molar-refractivity contribution is -0.597. The Morgan fingerprint density at radius 2 is 1.04 bits per heavy atom. The molecule has 0 aromatic heterocycles. The molecule has 0 unspecified atom stereocenters. The molecule has 0 saturated heterocycles. The van der Waals surface area contributed by atoms with Crippen molar-refractivity contribution in [2.24, 2.45) is 0 Å². The Morgan fingerprint density at radius 1 is 0.778 bits per heavy atom. The van der Waals surface area contributed by atoms with Gasteiger partial charge in [0.05, 0.1) is 0 Å². The van der Waals surface area contributed by atoms with Gasteiger partial charge in [-0.15, -0.1) is 0 Å². The van der Waals surface area contributed by atoms with Crippen molar-refractivity contribution in [1.82, 2.24) is 0 Å². The summed E-state index contributed by atoms with van der Waals surface area (Å²) in [5.41, 5.74) is 3.47. The molecule has 27 heavy (non-hydrogen) atoms. The molecule has 0 atom stereocenters. The van der Waals surface area contributed by atoms with E-state index in [1.165, 1.54) is 31.1 Å². The molecule has 3 heteroatoms. The zero-order valence-electron chi connectivity index (χ0n) is 17.7. The summed E-state index contributed by atoms with van der Waals surface area (Å²) >= 11 is -0.0793. The SMILES string of the molecule is CC(=O)[O-].CCC(C)(C)c1ccc([I+]c2ccc(C(C)(C)CC)cc2)cc1. The van der Waals surface area contributed by atoms with Crippen LogP contribution in [0.2, 0.25) is 0 Å². The molecular formula is C24H33IO2. The van der Waals surface area contributed by atoms with E-state index < -0.39 is 5.97 Å². The first-order valence-corrected chi connectivity index (χ1v) is 11.7. The second-order valence-electron chi connectivity index (χ2n) is 8.07. The highest BCUT2D eigenvalue weighted by Crippen LogP contribution is 2.26. The Kier molecular flexibility index (Phi) is 9.00. The minimum absolute atomic E-state index is 0.0793. The van der Waals surface area contributed by atoms with Crippen LogP contribution in [0.5, 0.6) is 0 Å². The number of hydrogen-bond donors (Lipinski definition) is 0. The molecule has 0 aliphatic carbocycles. The summed E-state index contributed by atoms with van der Waals surface area (Å²) in [6.45, 7) is 14.8. The lowest BCUT2D eigenvalue weighted by Crippen LogP contribution is -3.61. The van der Waals surface area contributed by atoms with Crippen LogP contribution in [0.1, 0.15) is 72.4 Å². The molecule has 0 aliphatic rings. The minimum Gasteiger partial charge on any atom is -0.550 e. The number of hydrogen-bond acceptors (Lipinski definition) is 2. The van der Waals surface area contributed by atoms with Gasteiger partial charge in [-0.1, -0.05) is 65.8 Å². The summed E-state index contributed by atoms with van der Waals surface area (Å²) in [7, 11) is 0. The molecule has 0 amide bonds. The molecule has 2 nitrogen and oxygen atoms in total. The van der Waals surface area contributed by atoms with E-state index in [2.05, 4.69) is 90.1 Å². The third-order valence-corrected chi connectivity index (χ3v) is 7.92. The summed E-state index contributed by atoms with van der Waals surface area (Å²) in [5, 5.41) is 8.89. The highest BCUT2D eigenvalue weighted by atomic mass is 127. The van der Waals surface area contributed by atoms with Gasteiger partial charge in [-0.05, 0) is 66.0 Å². The second kappa shape index (κ2) is 10.3. The molecule has 0 spiro atoms. The van der Waals surface area contributed by atoms with E-state index in [1.807, 2.05) is 0 Å². The zero-order valence-corrected chi connectivity index (χ0v) is 19.9. The van der Waals surface area contributed by atoms with Gasteiger partial charge in [0.2, 0.25) is 0 Å². The summed E-state index contributed by atoms with van der Waals surface area (Å²) in [6.07, 6.45) is 2.35. The molecule has 2 aromatic rings. The number of rotatable bonds is 6. The molecule has 0 fully saturated rings. The Hall–Kier alpha value is -1.36. The van der Waals surface area contributed by atoms with Gasteiger partial charge < -0.3 is 9.90 Å². The predicted molar refractivity (Wildman–Crippen MR) is 108 cm³/mol. The minimum atomic E-state index is -1.08.